The third kappa shape index (κ3) is 3.88. The Hall–Kier alpha value is -1.29. The molecule has 0 saturated carbocycles. The van der Waals surface area contributed by atoms with Crippen molar-refractivity contribution in [2.45, 2.75) is 12.5 Å². The highest BCUT2D eigenvalue weighted by atomic mass is 35.5. The maximum Gasteiger partial charge on any atom is 0.165 e. The molecule has 5 heteroatoms. The monoisotopic (exact) mass is 327 g/mol. The first-order valence-corrected chi connectivity index (χ1v) is 7.25. The summed E-state index contributed by atoms with van der Waals surface area (Å²) < 4.78 is 18.8. The van der Waals surface area contributed by atoms with E-state index in [2.05, 4.69) is 5.32 Å². The molecule has 0 aromatic heterocycles. The Morgan fingerprint density at radius 3 is 2.52 bits per heavy atom. The van der Waals surface area contributed by atoms with E-state index in [1.165, 1.54) is 13.2 Å². The molecule has 2 nitrogen and oxygen atoms in total. The zero-order chi connectivity index (χ0) is 15.4. The molecular formula is C16H16Cl2FNO. The fraction of sp³-hybridized carbons (Fsp3) is 0.250. The lowest BCUT2D eigenvalue weighted by molar-refractivity contribution is 0.385. The Morgan fingerprint density at radius 2 is 1.95 bits per heavy atom. The van der Waals surface area contributed by atoms with Crippen LogP contribution in [0.5, 0.6) is 5.75 Å². The summed E-state index contributed by atoms with van der Waals surface area (Å²) in [6.45, 7) is 0. The van der Waals surface area contributed by atoms with Crippen molar-refractivity contribution in [3.63, 3.8) is 0 Å². The van der Waals surface area contributed by atoms with Crippen LogP contribution in [0.1, 0.15) is 17.2 Å². The van der Waals surface area contributed by atoms with Crippen LogP contribution in [0.2, 0.25) is 10.0 Å². The van der Waals surface area contributed by atoms with E-state index in [0.29, 0.717) is 16.5 Å². The minimum absolute atomic E-state index is 0.0518. The zero-order valence-corrected chi connectivity index (χ0v) is 13.3. The number of methoxy groups -OCH3 is 1. The van der Waals surface area contributed by atoms with Gasteiger partial charge in [-0.25, -0.2) is 4.39 Å². The van der Waals surface area contributed by atoms with E-state index < -0.39 is 0 Å². The Morgan fingerprint density at radius 1 is 1.19 bits per heavy atom. The van der Waals surface area contributed by atoms with Crippen molar-refractivity contribution in [1.29, 1.82) is 0 Å². The fourth-order valence-corrected chi connectivity index (χ4v) is 2.68. The van der Waals surface area contributed by atoms with Crippen LogP contribution in [0.25, 0.3) is 0 Å². The zero-order valence-electron chi connectivity index (χ0n) is 11.8. The number of rotatable bonds is 5. The summed E-state index contributed by atoms with van der Waals surface area (Å²) in [5.74, 6) is -0.143. The second-order valence-corrected chi connectivity index (χ2v) is 5.52. The van der Waals surface area contributed by atoms with Gasteiger partial charge in [0, 0.05) is 16.1 Å². The van der Waals surface area contributed by atoms with Gasteiger partial charge in [0.1, 0.15) is 0 Å². The molecule has 112 valence electrons. The first kappa shape index (κ1) is 16.1. The van der Waals surface area contributed by atoms with Crippen molar-refractivity contribution >= 4 is 23.2 Å². The normalized spacial score (nSPS) is 12.2. The third-order valence-electron chi connectivity index (χ3n) is 3.37. The van der Waals surface area contributed by atoms with Crippen LogP contribution in [0.15, 0.2) is 36.4 Å². The molecule has 0 fully saturated rings. The molecule has 0 radical (unpaired) electrons. The van der Waals surface area contributed by atoms with Gasteiger partial charge in [0.2, 0.25) is 0 Å². The Kier molecular flexibility index (Phi) is 5.45. The molecule has 0 aliphatic heterocycles. The van der Waals surface area contributed by atoms with Gasteiger partial charge in [-0.3, -0.25) is 0 Å². The SMILES string of the molecule is CNC(Cc1ccc(Cl)cc1Cl)c1ccc(OC)c(F)c1. The maximum atomic E-state index is 13.8. The van der Waals surface area contributed by atoms with Crippen LogP contribution in [-0.4, -0.2) is 14.2 Å². The minimum Gasteiger partial charge on any atom is -0.494 e. The summed E-state index contributed by atoms with van der Waals surface area (Å²) >= 11 is 12.1. The molecule has 0 aliphatic rings. The van der Waals surface area contributed by atoms with Gasteiger partial charge in [-0.15, -0.1) is 0 Å². The lowest BCUT2D eigenvalue weighted by Gasteiger charge is -2.18. The maximum absolute atomic E-state index is 13.8. The highest BCUT2D eigenvalue weighted by molar-refractivity contribution is 6.35. The molecule has 1 N–H and O–H groups in total. The molecule has 0 bridgehead atoms. The standard InChI is InChI=1S/C16H16Cl2FNO/c1-20-15(8-10-3-5-12(17)9-13(10)18)11-4-6-16(21-2)14(19)7-11/h3-7,9,15,20H,8H2,1-2H3. The molecular weight excluding hydrogens is 312 g/mol. The topological polar surface area (TPSA) is 21.3 Å². The molecule has 0 heterocycles. The van der Waals surface area contributed by atoms with Crippen molar-refractivity contribution in [2.75, 3.05) is 14.2 Å². The smallest absolute Gasteiger partial charge is 0.165 e. The van der Waals surface area contributed by atoms with Gasteiger partial charge in [-0.05, 0) is 48.9 Å². The first-order valence-electron chi connectivity index (χ1n) is 6.49. The van der Waals surface area contributed by atoms with E-state index in [0.717, 1.165) is 11.1 Å². The highest BCUT2D eigenvalue weighted by Crippen LogP contribution is 2.28. The van der Waals surface area contributed by atoms with Crippen LogP contribution in [0.3, 0.4) is 0 Å². The number of ether oxygens (including phenoxy) is 1. The molecule has 0 spiro atoms. The fourth-order valence-electron chi connectivity index (χ4n) is 2.19. The van der Waals surface area contributed by atoms with Gasteiger partial charge in [0.05, 0.1) is 7.11 Å². The van der Waals surface area contributed by atoms with Gasteiger partial charge in [-0.1, -0.05) is 35.3 Å². The lowest BCUT2D eigenvalue weighted by Crippen LogP contribution is -2.19. The highest BCUT2D eigenvalue weighted by Gasteiger charge is 2.14. The molecule has 2 rings (SSSR count). The average Bonchev–Trinajstić information content (AvgIpc) is 2.46. The van der Waals surface area contributed by atoms with E-state index in [9.17, 15) is 4.39 Å². The molecule has 1 unspecified atom stereocenters. The van der Waals surface area contributed by atoms with E-state index in [4.69, 9.17) is 27.9 Å². The molecule has 0 aliphatic carbocycles. The van der Waals surface area contributed by atoms with E-state index in [1.54, 1.807) is 18.2 Å². The predicted molar refractivity (Wildman–Crippen MR) is 84.9 cm³/mol. The van der Waals surface area contributed by atoms with Crippen molar-refractivity contribution in [3.8, 4) is 5.75 Å². The van der Waals surface area contributed by atoms with E-state index >= 15 is 0 Å². The third-order valence-corrected chi connectivity index (χ3v) is 3.95. The van der Waals surface area contributed by atoms with E-state index in [1.807, 2.05) is 19.2 Å². The Bertz CT molecular complexity index is 634. The van der Waals surface area contributed by atoms with Crippen LogP contribution in [0.4, 0.5) is 4.39 Å². The van der Waals surface area contributed by atoms with Gasteiger partial charge >= 0.3 is 0 Å². The van der Waals surface area contributed by atoms with Crippen molar-refractivity contribution in [2.24, 2.45) is 0 Å². The summed E-state index contributed by atoms with van der Waals surface area (Å²) in [6, 6.07) is 10.3. The van der Waals surface area contributed by atoms with Crippen molar-refractivity contribution in [1.82, 2.24) is 5.32 Å². The largest absolute Gasteiger partial charge is 0.494 e. The number of nitrogens with one attached hydrogen (secondary N) is 1. The summed E-state index contributed by atoms with van der Waals surface area (Å²) in [5.41, 5.74) is 1.79. The van der Waals surface area contributed by atoms with Crippen molar-refractivity contribution in [3.05, 3.63) is 63.4 Å². The second kappa shape index (κ2) is 7.12. The van der Waals surface area contributed by atoms with Gasteiger partial charge in [-0.2, -0.15) is 0 Å². The van der Waals surface area contributed by atoms with E-state index in [-0.39, 0.29) is 17.6 Å². The molecule has 2 aromatic carbocycles. The number of likely N-dealkylation sites (N-methyl/N-ethyl adjacent to an activating group) is 1. The summed E-state index contributed by atoms with van der Waals surface area (Å²) in [7, 11) is 3.28. The van der Waals surface area contributed by atoms with Crippen LogP contribution >= 0.6 is 23.2 Å². The van der Waals surface area contributed by atoms with Crippen LogP contribution in [-0.2, 0) is 6.42 Å². The molecule has 2 aromatic rings. The summed E-state index contributed by atoms with van der Waals surface area (Å²) in [5, 5.41) is 4.38. The average molecular weight is 328 g/mol. The molecule has 1 atom stereocenters. The van der Waals surface area contributed by atoms with Crippen LogP contribution in [0, 0.1) is 5.82 Å². The van der Waals surface area contributed by atoms with Gasteiger partial charge < -0.3 is 10.1 Å². The Labute approximate surface area is 133 Å². The number of hydrogen-bond donors (Lipinski definition) is 1. The molecule has 21 heavy (non-hydrogen) atoms. The summed E-state index contributed by atoms with van der Waals surface area (Å²) in [6.07, 6.45) is 0.637. The van der Waals surface area contributed by atoms with Gasteiger partial charge in [0.25, 0.3) is 0 Å². The molecule has 0 amide bonds. The van der Waals surface area contributed by atoms with Gasteiger partial charge in [0.15, 0.2) is 11.6 Å². The number of hydrogen-bond acceptors (Lipinski definition) is 2. The lowest BCUT2D eigenvalue weighted by atomic mass is 9.98. The minimum atomic E-state index is -0.377. The number of halogens is 3. The predicted octanol–water partition coefficient (Wildman–Crippen LogP) is 4.64. The van der Waals surface area contributed by atoms with Crippen LogP contribution < -0.4 is 10.1 Å². The Balaban J connectivity index is 2.25. The quantitative estimate of drug-likeness (QED) is 0.863. The molecule has 0 saturated heterocycles. The number of benzene rings is 2. The van der Waals surface area contributed by atoms with Crippen molar-refractivity contribution < 1.29 is 9.13 Å². The second-order valence-electron chi connectivity index (χ2n) is 4.68. The summed E-state index contributed by atoms with van der Waals surface area (Å²) in [4.78, 5) is 0. The first-order chi connectivity index (χ1) is 10.0.